The van der Waals surface area contributed by atoms with Crippen molar-refractivity contribution in [3.63, 3.8) is 0 Å². The van der Waals surface area contributed by atoms with E-state index in [4.69, 9.17) is 0 Å². The minimum atomic E-state index is 0. The zero-order valence-corrected chi connectivity index (χ0v) is 9.81. The normalized spacial score (nSPS) is 31.8. The highest BCUT2D eigenvalue weighted by Gasteiger charge is 2.10. The molecular weight excluding hydrogens is 260 g/mol. The van der Waals surface area contributed by atoms with E-state index < -0.39 is 0 Å². The van der Waals surface area contributed by atoms with E-state index in [1.807, 2.05) is 0 Å². The molecule has 0 aromatic rings. The second-order valence-electron chi connectivity index (χ2n) is 2.62. The molecule has 0 saturated carbocycles. The maximum absolute atomic E-state index is 3.37. The summed E-state index contributed by atoms with van der Waals surface area (Å²) in [5.41, 5.74) is 0. The SMILES string of the molecule is Br.Br.C[C@@H]1CN[C@H](C)CN1. The Labute approximate surface area is 83.7 Å². The lowest BCUT2D eigenvalue weighted by molar-refractivity contribution is 0.376. The maximum atomic E-state index is 3.37. The zero-order chi connectivity index (χ0) is 5.98. The lowest BCUT2D eigenvalue weighted by Gasteiger charge is -2.26. The molecule has 0 unspecified atom stereocenters. The lowest BCUT2D eigenvalue weighted by Crippen LogP contribution is -2.51. The first-order valence-electron chi connectivity index (χ1n) is 3.26. The Hall–Kier alpha value is 0.880. The second kappa shape index (κ2) is 6.58. The lowest BCUT2D eigenvalue weighted by atomic mass is 10.2. The van der Waals surface area contributed by atoms with Crippen LogP contribution in [0.2, 0.25) is 0 Å². The van der Waals surface area contributed by atoms with E-state index in [0.29, 0.717) is 12.1 Å². The van der Waals surface area contributed by atoms with Gasteiger partial charge in [-0.25, -0.2) is 0 Å². The smallest absolute Gasteiger partial charge is 0.0164 e. The van der Waals surface area contributed by atoms with Crippen molar-refractivity contribution in [3.05, 3.63) is 0 Å². The van der Waals surface area contributed by atoms with Gasteiger partial charge in [-0.05, 0) is 13.8 Å². The molecule has 1 aliphatic heterocycles. The van der Waals surface area contributed by atoms with Crippen molar-refractivity contribution in [2.75, 3.05) is 13.1 Å². The Morgan fingerprint density at radius 1 is 0.900 bits per heavy atom. The van der Waals surface area contributed by atoms with Crippen LogP contribution in [-0.4, -0.2) is 25.2 Å². The number of halogens is 2. The van der Waals surface area contributed by atoms with Gasteiger partial charge in [-0.3, -0.25) is 0 Å². The third-order valence-electron chi connectivity index (χ3n) is 1.54. The van der Waals surface area contributed by atoms with Crippen molar-refractivity contribution in [3.8, 4) is 0 Å². The van der Waals surface area contributed by atoms with Gasteiger partial charge < -0.3 is 10.6 Å². The predicted octanol–water partition coefficient (Wildman–Crippen LogP) is 1.11. The Balaban J connectivity index is 0. The van der Waals surface area contributed by atoms with Gasteiger partial charge in [0.15, 0.2) is 0 Å². The van der Waals surface area contributed by atoms with Crippen molar-refractivity contribution < 1.29 is 0 Å². The topological polar surface area (TPSA) is 24.1 Å². The van der Waals surface area contributed by atoms with Crippen LogP contribution in [0.15, 0.2) is 0 Å². The van der Waals surface area contributed by atoms with Gasteiger partial charge in [0.05, 0.1) is 0 Å². The van der Waals surface area contributed by atoms with Crippen LogP contribution in [0.5, 0.6) is 0 Å². The van der Waals surface area contributed by atoms with Crippen LogP contribution in [0.4, 0.5) is 0 Å². The van der Waals surface area contributed by atoms with Gasteiger partial charge >= 0.3 is 0 Å². The van der Waals surface area contributed by atoms with Crippen molar-refractivity contribution >= 4 is 34.0 Å². The Bertz CT molecular complexity index is 62.1. The van der Waals surface area contributed by atoms with Gasteiger partial charge in [0.25, 0.3) is 0 Å². The van der Waals surface area contributed by atoms with Gasteiger partial charge in [0, 0.05) is 25.2 Å². The molecule has 4 heteroatoms. The first-order chi connectivity index (χ1) is 3.79. The van der Waals surface area contributed by atoms with E-state index in [1.165, 1.54) is 0 Å². The molecule has 0 aliphatic carbocycles. The summed E-state index contributed by atoms with van der Waals surface area (Å²) in [5.74, 6) is 0. The van der Waals surface area contributed by atoms with Crippen molar-refractivity contribution in [1.29, 1.82) is 0 Å². The molecular formula is C6H16Br2N2. The Morgan fingerprint density at radius 2 is 1.20 bits per heavy atom. The molecule has 0 aromatic carbocycles. The molecule has 0 aromatic heterocycles. The third kappa shape index (κ3) is 4.66. The average molecular weight is 276 g/mol. The molecule has 0 radical (unpaired) electrons. The van der Waals surface area contributed by atoms with Crippen LogP contribution in [0.1, 0.15) is 13.8 Å². The summed E-state index contributed by atoms with van der Waals surface area (Å²) in [7, 11) is 0. The molecule has 64 valence electrons. The fourth-order valence-corrected chi connectivity index (χ4v) is 0.900. The highest BCUT2D eigenvalue weighted by atomic mass is 79.9. The van der Waals surface area contributed by atoms with Crippen LogP contribution in [0, 0.1) is 0 Å². The molecule has 0 amide bonds. The molecule has 1 rings (SSSR count). The van der Waals surface area contributed by atoms with Crippen LogP contribution in [0.3, 0.4) is 0 Å². The predicted molar refractivity (Wildman–Crippen MR) is 55.6 cm³/mol. The summed E-state index contributed by atoms with van der Waals surface area (Å²) < 4.78 is 0. The number of hydrogen-bond donors (Lipinski definition) is 2. The number of piperazine rings is 1. The highest BCUT2D eigenvalue weighted by molar-refractivity contribution is 8.93. The summed E-state index contributed by atoms with van der Waals surface area (Å²) >= 11 is 0. The summed E-state index contributed by atoms with van der Waals surface area (Å²) in [4.78, 5) is 0. The van der Waals surface area contributed by atoms with Crippen LogP contribution in [0.25, 0.3) is 0 Å². The largest absolute Gasteiger partial charge is 0.311 e. The van der Waals surface area contributed by atoms with Crippen LogP contribution >= 0.6 is 34.0 Å². The van der Waals surface area contributed by atoms with Gasteiger partial charge in [-0.2, -0.15) is 0 Å². The van der Waals surface area contributed by atoms with Crippen molar-refractivity contribution in [2.24, 2.45) is 0 Å². The van der Waals surface area contributed by atoms with Crippen molar-refractivity contribution in [1.82, 2.24) is 10.6 Å². The molecule has 10 heavy (non-hydrogen) atoms. The molecule has 2 nitrogen and oxygen atoms in total. The fourth-order valence-electron chi connectivity index (χ4n) is 0.900. The van der Waals surface area contributed by atoms with E-state index in [2.05, 4.69) is 24.5 Å². The monoisotopic (exact) mass is 274 g/mol. The van der Waals surface area contributed by atoms with E-state index in [9.17, 15) is 0 Å². The van der Waals surface area contributed by atoms with Gasteiger partial charge in [0.1, 0.15) is 0 Å². The quantitative estimate of drug-likeness (QED) is 0.692. The van der Waals surface area contributed by atoms with Gasteiger partial charge in [0.2, 0.25) is 0 Å². The highest BCUT2D eigenvalue weighted by Crippen LogP contribution is 1.89. The Morgan fingerprint density at radius 3 is 1.40 bits per heavy atom. The van der Waals surface area contributed by atoms with E-state index in [-0.39, 0.29) is 34.0 Å². The maximum Gasteiger partial charge on any atom is 0.0164 e. The fraction of sp³-hybridized carbons (Fsp3) is 1.00. The van der Waals surface area contributed by atoms with Gasteiger partial charge in [-0.1, -0.05) is 0 Å². The third-order valence-corrected chi connectivity index (χ3v) is 1.54. The summed E-state index contributed by atoms with van der Waals surface area (Å²) in [6.07, 6.45) is 0. The second-order valence-corrected chi connectivity index (χ2v) is 2.62. The van der Waals surface area contributed by atoms with Crippen LogP contribution < -0.4 is 10.6 Å². The average Bonchev–Trinajstić information content (AvgIpc) is 1.77. The minimum Gasteiger partial charge on any atom is -0.311 e. The molecule has 2 atom stereocenters. The molecule has 1 saturated heterocycles. The number of rotatable bonds is 0. The summed E-state index contributed by atoms with van der Waals surface area (Å²) in [5, 5.41) is 6.74. The van der Waals surface area contributed by atoms with Crippen LogP contribution in [-0.2, 0) is 0 Å². The zero-order valence-electron chi connectivity index (χ0n) is 6.39. The molecule has 1 heterocycles. The first-order valence-corrected chi connectivity index (χ1v) is 3.26. The number of hydrogen-bond acceptors (Lipinski definition) is 2. The summed E-state index contributed by atoms with van der Waals surface area (Å²) in [6, 6.07) is 1.32. The van der Waals surface area contributed by atoms with Gasteiger partial charge in [-0.15, -0.1) is 34.0 Å². The first kappa shape index (κ1) is 13.5. The number of nitrogens with one attached hydrogen (secondary N) is 2. The molecule has 0 spiro atoms. The summed E-state index contributed by atoms with van der Waals surface area (Å²) in [6.45, 7) is 6.61. The molecule has 0 bridgehead atoms. The Kier molecular flexibility index (Phi) is 8.86. The minimum absolute atomic E-state index is 0. The standard InChI is InChI=1S/C6H14N2.2BrH/c1-5-3-8-6(2)4-7-5;;/h5-8H,3-4H2,1-2H3;2*1H/t5-,6-;;/m1../s1. The molecule has 1 fully saturated rings. The molecule has 2 N–H and O–H groups in total. The van der Waals surface area contributed by atoms with Crippen molar-refractivity contribution in [2.45, 2.75) is 25.9 Å². The van der Waals surface area contributed by atoms with E-state index in [0.717, 1.165) is 13.1 Å². The van der Waals surface area contributed by atoms with E-state index >= 15 is 0 Å². The molecule has 1 aliphatic rings. The van der Waals surface area contributed by atoms with E-state index in [1.54, 1.807) is 0 Å².